The maximum atomic E-state index is 11.9. The molecule has 3 nitrogen and oxygen atoms in total. The van der Waals surface area contributed by atoms with Crippen molar-refractivity contribution in [1.82, 2.24) is 10.6 Å². The Labute approximate surface area is 127 Å². The minimum Gasteiger partial charge on any atom is -0.353 e. The summed E-state index contributed by atoms with van der Waals surface area (Å²) in [6, 6.07) is 9.56. The second kappa shape index (κ2) is 6.18. The molecule has 2 atom stereocenters. The summed E-state index contributed by atoms with van der Waals surface area (Å²) in [6.45, 7) is 4.46. The van der Waals surface area contributed by atoms with Gasteiger partial charge < -0.3 is 10.6 Å². The van der Waals surface area contributed by atoms with Crippen molar-refractivity contribution in [2.24, 2.45) is 11.8 Å². The maximum absolute atomic E-state index is 11.9. The summed E-state index contributed by atoms with van der Waals surface area (Å²) in [6.07, 6.45) is 4.91. The molecule has 3 rings (SSSR count). The Morgan fingerprint density at radius 1 is 1.14 bits per heavy atom. The summed E-state index contributed by atoms with van der Waals surface area (Å²) in [5, 5.41) is 6.52. The van der Waals surface area contributed by atoms with E-state index in [4.69, 9.17) is 0 Å². The van der Waals surface area contributed by atoms with Gasteiger partial charge in [0, 0.05) is 12.1 Å². The first-order valence-electron chi connectivity index (χ1n) is 8.23. The molecule has 21 heavy (non-hydrogen) atoms. The molecule has 0 spiro atoms. The van der Waals surface area contributed by atoms with Gasteiger partial charge in [-0.1, -0.05) is 24.3 Å². The third-order valence-corrected chi connectivity index (χ3v) is 4.95. The molecule has 0 aliphatic heterocycles. The molecule has 0 heterocycles. The van der Waals surface area contributed by atoms with Crippen molar-refractivity contribution in [3.05, 3.63) is 35.4 Å². The van der Waals surface area contributed by atoms with Gasteiger partial charge in [0.2, 0.25) is 5.91 Å². The van der Waals surface area contributed by atoms with Gasteiger partial charge in [-0.05, 0) is 62.5 Å². The lowest BCUT2D eigenvalue weighted by atomic mass is 9.94. The second-order valence-electron chi connectivity index (χ2n) is 6.90. The van der Waals surface area contributed by atoms with Crippen LogP contribution in [0.1, 0.15) is 37.8 Å². The lowest BCUT2D eigenvalue weighted by Gasteiger charge is -2.23. The van der Waals surface area contributed by atoms with E-state index in [-0.39, 0.29) is 11.9 Å². The number of rotatable bonds is 4. The Balaban J connectivity index is 1.64. The van der Waals surface area contributed by atoms with Gasteiger partial charge in [0.15, 0.2) is 0 Å². The normalized spacial score (nSPS) is 27.3. The van der Waals surface area contributed by atoms with Crippen molar-refractivity contribution in [3.63, 3.8) is 0 Å². The van der Waals surface area contributed by atoms with Gasteiger partial charge in [-0.15, -0.1) is 0 Å². The zero-order valence-electron chi connectivity index (χ0n) is 13.1. The zero-order valence-corrected chi connectivity index (χ0v) is 13.1. The van der Waals surface area contributed by atoms with Gasteiger partial charge in [-0.3, -0.25) is 4.79 Å². The first kappa shape index (κ1) is 14.6. The first-order chi connectivity index (χ1) is 10.1. The molecule has 0 saturated heterocycles. The van der Waals surface area contributed by atoms with E-state index in [9.17, 15) is 4.79 Å². The van der Waals surface area contributed by atoms with E-state index < -0.39 is 0 Å². The summed E-state index contributed by atoms with van der Waals surface area (Å²) < 4.78 is 0. The molecule has 1 aromatic rings. The van der Waals surface area contributed by atoms with Gasteiger partial charge in [0.05, 0.1) is 6.54 Å². The zero-order chi connectivity index (χ0) is 14.8. The molecule has 3 heteroatoms. The molecular formula is C18H26N2O. The molecule has 2 unspecified atom stereocenters. The largest absolute Gasteiger partial charge is 0.353 e. The fourth-order valence-corrected chi connectivity index (χ4v) is 4.07. The lowest BCUT2D eigenvalue weighted by molar-refractivity contribution is -0.120. The summed E-state index contributed by atoms with van der Waals surface area (Å²) in [7, 11) is 0. The number of amides is 1. The molecule has 1 amide bonds. The summed E-state index contributed by atoms with van der Waals surface area (Å²) in [5.74, 6) is 1.49. The van der Waals surface area contributed by atoms with Crippen LogP contribution in [0, 0.1) is 11.8 Å². The number of benzene rings is 1. The molecule has 1 saturated carbocycles. The van der Waals surface area contributed by atoms with Crippen LogP contribution in [0.4, 0.5) is 0 Å². The van der Waals surface area contributed by atoms with E-state index in [2.05, 4.69) is 34.9 Å². The van der Waals surface area contributed by atoms with Crippen molar-refractivity contribution in [3.8, 4) is 0 Å². The highest BCUT2D eigenvalue weighted by Gasteiger charge is 2.38. The van der Waals surface area contributed by atoms with Gasteiger partial charge in [-0.2, -0.15) is 0 Å². The highest BCUT2D eigenvalue weighted by molar-refractivity contribution is 5.78. The van der Waals surface area contributed by atoms with E-state index in [1.165, 1.54) is 24.0 Å². The third-order valence-electron chi connectivity index (χ3n) is 4.95. The molecule has 114 valence electrons. The number of hydrogen-bond acceptors (Lipinski definition) is 2. The van der Waals surface area contributed by atoms with Crippen LogP contribution in [0.2, 0.25) is 0 Å². The molecule has 1 aromatic carbocycles. The predicted molar refractivity (Wildman–Crippen MR) is 85.1 cm³/mol. The average molecular weight is 286 g/mol. The Morgan fingerprint density at radius 3 is 2.24 bits per heavy atom. The second-order valence-corrected chi connectivity index (χ2v) is 6.90. The third kappa shape index (κ3) is 3.29. The van der Waals surface area contributed by atoms with E-state index in [1.54, 1.807) is 0 Å². The molecule has 1 fully saturated rings. The van der Waals surface area contributed by atoms with Gasteiger partial charge in [0.1, 0.15) is 0 Å². The monoisotopic (exact) mass is 286 g/mol. The number of nitrogens with one attached hydrogen (secondary N) is 2. The molecular weight excluding hydrogens is 260 g/mol. The fraction of sp³-hybridized carbons (Fsp3) is 0.611. The fourth-order valence-electron chi connectivity index (χ4n) is 4.07. The van der Waals surface area contributed by atoms with E-state index >= 15 is 0 Å². The smallest absolute Gasteiger partial charge is 0.234 e. The SMILES string of the molecule is CC(C)NC(=O)CNC1C2CCC1Cc1ccccc1C2. The Morgan fingerprint density at radius 2 is 1.71 bits per heavy atom. The molecule has 2 bridgehead atoms. The van der Waals surface area contributed by atoms with Crippen molar-refractivity contribution in [2.75, 3.05) is 6.54 Å². The highest BCUT2D eigenvalue weighted by Crippen LogP contribution is 2.39. The first-order valence-corrected chi connectivity index (χ1v) is 8.23. The van der Waals surface area contributed by atoms with Crippen LogP contribution in [0.15, 0.2) is 24.3 Å². The summed E-state index contributed by atoms with van der Waals surface area (Å²) in [4.78, 5) is 11.9. The van der Waals surface area contributed by atoms with Crippen molar-refractivity contribution < 1.29 is 4.79 Å². The number of carbonyl (C=O) groups is 1. The van der Waals surface area contributed by atoms with Crippen LogP contribution in [0.3, 0.4) is 0 Å². The minimum absolute atomic E-state index is 0.117. The lowest BCUT2D eigenvalue weighted by Crippen LogP contribution is -2.45. The van der Waals surface area contributed by atoms with E-state index in [0.29, 0.717) is 24.4 Å². The van der Waals surface area contributed by atoms with Crippen molar-refractivity contribution >= 4 is 5.91 Å². The van der Waals surface area contributed by atoms with Crippen LogP contribution in [0.25, 0.3) is 0 Å². The Bertz CT molecular complexity index is 479. The number of hydrogen-bond donors (Lipinski definition) is 2. The van der Waals surface area contributed by atoms with Crippen molar-refractivity contribution in [2.45, 2.75) is 51.6 Å². The minimum atomic E-state index is 0.117. The van der Waals surface area contributed by atoms with Crippen LogP contribution >= 0.6 is 0 Å². The quantitative estimate of drug-likeness (QED) is 0.891. The molecule has 2 aliphatic carbocycles. The van der Waals surface area contributed by atoms with Crippen LogP contribution in [0.5, 0.6) is 0 Å². The summed E-state index contributed by atoms with van der Waals surface area (Å²) in [5.41, 5.74) is 3.03. The number of carbonyl (C=O) groups excluding carboxylic acids is 1. The molecule has 2 aliphatic rings. The molecule has 2 N–H and O–H groups in total. The standard InChI is InChI=1S/C18H26N2O/c1-12(2)20-17(21)11-19-18-15-7-8-16(18)10-14-6-4-3-5-13(14)9-15/h3-6,12,15-16,18-19H,7-11H2,1-2H3,(H,20,21). The average Bonchev–Trinajstić information content (AvgIpc) is 2.70. The van der Waals surface area contributed by atoms with Crippen LogP contribution < -0.4 is 10.6 Å². The van der Waals surface area contributed by atoms with Gasteiger partial charge in [0.25, 0.3) is 0 Å². The van der Waals surface area contributed by atoms with Crippen LogP contribution in [-0.2, 0) is 17.6 Å². The topological polar surface area (TPSA) is 41.1 Å². The molecule has 0 radical (unpaired) electrons. The van der Waals surface area contributed by atoms with Gasteiger partial charge in [-0.25, -0.2) is 0 Å². The highest BCUT2D eigenvalue weighted by atomic mass is 16.1. The van der Waals surface area contributed by atoms with Crippen LogP contribution in [-0.4, -0.2) is 24.5 Å². The maximum Gasteiger partial charge on any atom is 0.234 e. The molecule has 0 aromatic heterocycles. The van der Waals surface area contributed by atoms with E-state index in [1.807, 2.05) is 13.8 Å². The number of fused-ring (bicyclic) bond motifs is 3. The Hall–Kier alpha value is -1.35. The predicted octanol–water partition coefficient (Wildman–Crippen LogP) is 2.29. The van der Waals surface area contributed by atoms with Crippen molar-refractivity contribution in [1.29, 1.82) is 0 Å². The van der Waals surface area contributed by atoms with E-state index in [0.717, 1.165) is 12.8 Å². The summed E-state index contributed by atoms with van der Waals surface area (Å²) >= 11 is 0. The van der Waals surface area contributed by atoms with Gasteiger partial charge >= 0.3 is 0 Å². The Kier molecular flexibility index (Phi) is 4.29.